The van der Waals surface area contributed by atoms with E-state index in [1.807, 2.05) is 30.0 Å². The van der Waals surface area contributed by atoms with Gasteiger partial charge in [0.2, 0.25) is 0 Å². The molecule has 0 bridgehead atoms. The van der Waals surface area contributed by atoms with Gasteiger partial charge in [-0.3, -0.25) is 0 Å². The Balaban J connectivity index is 2.03. The van der Waals surface area contributed by atoms with Crippen LogP contribution in [-0.4, -0.2) is 5.25 Å². The van der Waals surface area contributed by atoms with Gasteiger partial charge in [0.1, 0.15) is 0 Å². The second-order valence-electron chi connectivity index (χ2n) is 4.57. The van der Waals surface area contributed by atoms with Crippen LogP contribution in [0.1, 0.15) is 24.1 Å². The molecule has 0 aliphatic heterocycles. The van der Waals surface area contributed by atoms with Gasteiger partial charge in [-0.1, -0.05) is 55.0 Å². The number of benzene rings is 2. The van der Waals surface area contributed by atoms with Crippen molar-refractivity contribution in [1.29, 1.82) is 0 Å². The van der Waals surface area contributed by atoms with Crippen LogP contribution in [0.2, 0.25) is 0 Å². The van der Waals surface area contributed by atoms with E-state index in [9.17, 15) is 0 Å². The fraction of sp³-hybridized carbons (Fsp3) is 0.250. The molecule has 2 atom stereocenters. The summed E-state index contributed by atoms with van der Waals surface area (Å²) in [6, 6.07) is 19.0. The van der Waals surface area contributed by atoms with Gasteiger partial charge in [-0.2, -0.15) is 0 Å². The lowest BCUT2D eigenvalue weighted by Gasteiger charge is -2.20. The van der Waals surface area contributed by atoms with Gasteiger partial charge in [-0.05, 0) is 24.6 Å². The second kappa shape index (κ2) is 6.07. The summed E-state index contributed by atoms with van der Waals surface area (Å²) in [6.45, 7) is 4.29. The van der Waals surface area contributed by atoms with Crippen molar-refractivity contribution in [3.05, 3.63) is 65.7 Å². The highest BCUT2D eigenvalue weighted by Gasteiger charge is 2.15. The van der Waals surface area contributed by atoms with Crippen molar-refractivity contribution in [2.24, 2.45) is 5.73 Å². The number of rotatable bonds is 4. The molecule has 94 valence electrons. The molecule has 1 nitrogen and oxygen atoms in total. The van der Waals surface area contributed by atoms with Crippen LogP contribution in [-0.2, 0) is 0 Å². The van der Waals surface area contributed by atoms with Crippen LogP contribution in [0.5, 0.6) is 0 Å². The van der Waals surface area contributed by atoms with Gasteiger partial charge < -0.3 is 5.73 Å². The second-order valence-corrected chi connectivity index (χ2v) is 6.02. The van der Waals surface area contributed by atoms with Crippen LogP contribution in [0.25, 0.3) is 0 Å². The molecular formula is C16H19NS. The van der Waals surface area contributed by atoms with Crippen LogP contribution in [0.4, 0.5) is 0 Å². The molecular weight excluding hydrogens is 238 g/mol. The maximum absolute atomic E-state index is 6.30. The minimum Gasteiger partial charge on any atom is -0.323 e. The van der Waals surface area contributed by atoms with Gasteiger partial charge in [-0.15, -0.1) is 11.8 Å². The molecule has 0 heterocycles. The molecule has 0 aliphatic rings. The minimum absolute atomic E-state index is 0.0671. The van der Waals surface area contributed by atoms with Crippen LogP contribution in [0.3, 0.4) is 0 Å². The average molecular weight is 257 g/mol. The van der Waals surface area contributed by atoms with E-state index in [2.05, 4.69) is 50.2 Å². The first-order valence-corrected chi connectivity index (χ1v) is 7.08. The predicted molar refractivity (Wildman–Crippen MR) is 79.9 cm³/mol. The zero-order valence-corrected chi connectivity index (χ0v) is 11.7. The molecule has 0 fully saturated rings. The molecule has 0 saturated heterocycles. The van der Waals surface area contributed by atoms with Crippen molar-refractivity contribution in [1.82, 2.24) is 0 Å². The van der Waals surface area contributed by atoms with Gasteiger partial charge in [0.05, 0.1) is 0 Å². The third-order valence-corrected chi connectivity index (χ3v) is 4.24. The molecule has 2 aromatic rings. The van der Waals surface area contributed by atoms with Gasteiger partial charge in [0.25, 0.3) is 0 Å². The Kier molecular flexibility index (Phi) is 4.45. The molecule has 0 aromatic heterocycles. The molecule has 2 rings (SSSR count). The zero-order chi connectivity index (χ0) is 13.0. The smallest absolute Gasteiger partial charge is 0.0416 e. The SMILES string of the molecule is Cc1ccc(SC(C)C(N)c2ccccc2)cc1. The largest absolute Gasteiger partial charge is 0.323 e. The fourth-order valence-corrected chi connectivity index (χ4v) is 2.88. The van der Waals surface area contributed by atoms with Crippen LogP contribution < -0.4 is 5.73 Å². The van der Waals surface area contributed by atoms with Crippen molar-refractivity contribution in [3.63, 3.8) is 0 Å². The minimum atomic E-state index is 0.0671. The number of hydrogen-bond donors (Lipinski definition) is 1. The highest BCUT2D eigenvalue weighted by Crippen LogP contribution is 2.30. The van der Waals surface area contributed by atoms with E-state index in [1.165, 1.54) is 16.0 Å². The Morgan fingerprint density at radius 1 is 0.944 bits per heavy atom. The van der Waals surface area contributed by atoms with E-state index in [-0.39, 0.29) is 6.04 Å². The molecule has 2 N–H and O–H groups in total. The Labute approximate surface area is 113 Å². The third kappa shape index (κ3) is 3.37. The normalized spacial score (nSPS) is 14.2. The quantitative estimate of drug-likeness (QED) is 0.832. The molecule has 0 radical (unpaired) electrons. The Bertz CT molecular complexity index is 478. The Hall–Kier alpha value is -1.25. The highest BCUT2D eigenvalue weighted by molar-refractivity contribution is 8.00. The Morgan fingerprint density at radius 3 is 2.17 bits per heavy atom. The number of nitrogens with two attached hydrogens (primary N) is 1. The summed E-state index contributed by atoms with van der Waals surface area (Å²) >= 11 is 1.83. The number of aryl methyl sites for hydroxylation is 1. The summed E-state index contributed by atoms with van der Waals surface area (Å²) in [6.07, 6.45) is 0. The molecule has 0 saturated carbocycles. The summed E-state index contributed by atoms with van der Waals surface area (Å²) in [5.41, 5.74) is 8.79. The molecule has 2 unspecified atom stereocenters. The molecule has 0 aliphatic carbocycles. The van der Waals surface area contributed by atoms with E-state index >= 15 is 0 Å². The molecule has 0 spiro atoms. The van der Waals surface area contributed by atoms with Crippen LogP contribution in [0, 0.1) is 6.92 Å². The first-order chi connectivity index (χ1) is 8.66. The maximum atomic E-state index is 6.30. The Morgan fingerprint density at radius 2 is 1.56 bits per heavy atom. The lowest BCUT2D eigenvalue weighted by molar-refractivity contribution is 0.715. The van der Waals surface area contributed by atoms with Crippen molar-refractivity contribution in [3.8, 4) is 0 Å². The number of thioether (sulfide) groups is 1. The first-order valence-electron chi connectivity index (χ1n) is 6.20. The standard InChI is InChI=1S/C16H19NS/c1-12-8-10-15(11-9-12)18-13(2)16(17)14-6-4-3-5-7-14/h3-11,13,16H,17H2,1-2H3. The average Bonchev–Trinajstić information content (AvgIpc) is 2.41. The highest BCUT2D eigenvalue weighted by atomic mass is 32.2. The zero-order valence-electron chi connectivity index (χ0n) is 10.8. The summed E-state index contributed by atoms with van der Waals surface area (Å²) < 4.78 is 0. The number of hydrogen-bond acceptors (Lipinski definition) is 2. The first kappa shape index (κ1) is 13.2. The van der Waals surface area contributed by atoms with E-state index in [0.717, 1.165) is 0 Å². The van der Waals surface area contributed by atoms with Gasteiger partial charge >= 0.3 is 0 Å². The van der Waals surface area contributed by atoms with Crippen LogP contribution >= 0.6 is 11.8 Å². The summed E-state index contributed by atoms with van der Waals surface area (Å²) in [4.78, 5) is 1.28. The molecule has 18 heavy (non-hydrogen) atoms. The van der Waals surface area contributed by atoms with Gasteiger partial charge in [0.15, 0.2) is 0 Å². The fourth-order valence-electron chi connectivity index (χ4n) is 1.85. The molecule has 0 amide bonds. The molecule has 2 aromatic carbocycles. The summed E-state index contributed by atoms with van der Waals surface area (Å²) in [5, 5.41) is 0.357. The topological polar surface area (TPSA) is 26.0 Å². The van der Waals surface area contributed by atoms with Crippen molar-refractivity contribution < 1.29 is 0 Å². The van der Waals surface area contributed by atoms with Crippen LogP contribution in [0.15, 0.2) is 59.5 Å². The van der Waals surface area contributed by atoms with Crippen molar-refractivity contribution in [2.75, 3.05) is 0 Å². The lowest BCUT2D eigenvalue weighted by Crippen LogP contribution is -2.20. The van der Waals surface area contributed by atoms with E-state index < -0.39 is 0 Å². The van der Waals surface area contributed by atoms with E-state index in [4.69, 9.17) is 5.73 Å². The van der Waals surface area contributed by atoms with Gasteiger partial charge in [0, 0.05) is 16.2 Å². The monoisotopic (exact) mass is 257 g/mol. The predicted octanol–water partition coefficient (Wildman–Crippen LogP) is 4.18. The van der Waals surface area contributed by atoms with E-state index in [1.54, 1.807) is 0 Å². The van der Waals surface area contributed by atoms with Crippen molar-refractivity contribution in [2.45, 2.75) is 30.0 Å². The molecule has 2 heteroatoms. The maximum Gasteiger partial charge on any atom is 0.0416 e. The summed E-state index contributed by atoms with van der Waals surface area (Å²) in [7, 11) is 0. The van der Waals surface area contributed by atoms with E-state index in [0.29, 0.717) is 5.25 Å². The third-order valence-electron chi connectivity index (χ3n) is 3.03. The summed E-state index contributed by atoms with van der Waals surface area (Å²) in [5.74, 6) is 0. The van der Waals surface area contributed by atoms with Crippen molar-refractivity contribution >= 4 is 11.8 Å². The lowest BCUT2D eigenvalue weighted by atomic mass is 10.1. The van der Waals surface area contributed by atoms with Gasteiger partial charge in [-0.25, -0.2) is 0 Å².